The van der Waals surface area contributed by atoms with Gasteiger partial charge in [-0.3, -0.25) is 0 Å². The molecule has 0 amide bonds. The summed E-state index contributed by atoms with van der Waals surface area (Å²) < 4.78 is 0. The van der Waals surface area contributed by atoms with Gasteiger partial charge in [0.25, 0.3) is 0 Å². The predicted octanol–water partition coefficient (Wildman–Crippen LogP) is 1.18. The van der Waals surface area contributed by atoms with Gasteiger partial charge in [-0.2, -0.15) is 12.6 Å². The minimum atomic E-state index is -0.489. The SMILES string of the molecule is O=[N+]([O-])c1cnc(CCCS)[nH]1. The number of hydrogen-bond acceptors (Lipinski definition) is 4. The summed E-state index contributed by atoms with van der Waals surface area (Å²) in [7, 11) is 0. The summed E-state index contributed by atoms with van der Waals surface area (Å²) in [5.41, 5.74) is 0. The van der Waals surface area contributed by atoms with E-state index in [0.717, 1.165) is 12.2 Å². The van der Waals surface area contributed by atoms with E-state index in [1.165, 1.54) is 6.20 Å². The third-order valence-corrected chi connectivity index (χ3v) is 1.70. The van der Waals surface area contributed by atoms with E-state index in [1.54, 1.807) is 0 Å². The Morgan fingerprint density at radius 2 is 2.50 bits per heavy atom. The van der Waals surface area contributed by atoms with E-state index in [1.807, 2.05) is 0 Å². The first kappa shape index (κ1) is 9.05. The Kier molecular flexibility index (Phi) is 3.09. The highest BCUT2D eigenvalue weighted by Crippen LogP contribution is 2.07. The lowest BCUT2D eigenvalue weighted by atomic mass is 10.3. The molecule has 0 bridgehead atoms. The van der Waals surface area contributed by atoms with Crippen LogP contribution in [0.3, 0.4) is 0 Å². The molecule has 0 atom stereocenters. The molecule has 1 aromatic heterocycles. The molecule has 0 spiro atoms. The Bertz CT molecular complexity index is 274. The molecule has 0 aliphatic heterocycles. The molecule has 0 aliphatic rings. The van der Waals surface area contributed by atoms with Crippen LogP contribution in [0.2, 0.25) is 0 Å². The van der Waals surface area contributed by atoms with Crippen molar-refractivity contribution in [1.29, 1.82) is 0 Å². The third kappa shape index (κ3) is 2.23. The van der Waals surface area contributed by atoms with Gasteiger partial charge in [0.15, 0.2) is 5.82 Å². The first-order valence-corrected chi connectivity index (χ1v) is 4.16. The fraction of sp³-hybridized carbons (Fsp3) is 0.500. The van der Waals surface area contributed by atoms with Crippen molar-refractivity contribution in [2.24, 2.45) is 0 Å². The first-order chi connectivity index (χ1) is 5.74. The lowest BCUT2D eigenvalue weighted by Crippen LogP contribution is -1.90. The summed E-state index contributed by atoms with van der Waals surface area (Å²) in [5, 5.41) is 10.2. The molecule has 0 saturated heterocycles. The van der Waals surface area contributed by atoms with Gasteiger partial charge >= 0.3 is 5.82 Å². The second-order valence-electron chi connectivity index (χ2n) is 2.30. The number of thiol groups is 1. The zero-order chi connectivity index (χ0) is 8.97. The average molecular weight is 187 g/mol. The van der Waals surface area contributed by atoms with Gasteiger partial charge in [0, 0.05) is 6.42 Å². The van der Waals surface area contributed by atoms with Crippen LogP contribution in [0.1, 0.15) is 12.2 Å². The molecule has 0 aliphatic carbocycles. The summed E-state index contributed by atoms with van der Waals surface area (Å²) in [6.45, 7) is 0. The second-order valence-corrected chi connectivity index (χ2v) is 2.75. The van der Waals surface area contributed by atoms with Gasteiger partial charge in [-0.25, -0.2) is 9.97 Å². The number of aryl methyl sites for hydroxylation is 1. The van der Waals surface area contributed by atoms with E-state index in [2.05, 4.69) is 22.6 Å². The minimum Gasteiger partial charge on any atom is -0.358 e. The number of rotatable bonds is 4. The topological polar surface area (TPSA) is 71.8 Å². The zero-order valence-corrected chi connectivity index (χ0v) is 7.25. The van der Waals surface area contributed by atoms with E-state index < -0.39 is 4.92 Å². The van der Waals surface area contributed by atoms with Gasteiger partial charge in [0.2, 0.25) is 0 Å². The van der Waals surface area contributed by atoms with E-state index in [9.17, 15) is 10.1 Å². The quantitative estimate of drug-likeness (QED) is 0.422. The molecule has 1 aromatic rings. The van der Waals surface area contributed by atoms with Crippen LogP contribution in [0.25, 0.3) is 0 Å². The largest absolute Gasteiger partial charge is 0.358 e. The van der Waals surface area contributed by atoms with Crippen LogP contribution in [0.15, 0.2) is 6.20 Å². The molecule has 1 heterocycles. The second kappa shape index (κ2) is 4.10. The van der Waals surface area contributed by atoms with Gasteiger partial charge in [-0.05, 0) is 17.1 Å². The Labute approximate surface area is 74.8 Å². The number of hydrogen-bond donors (Lipinski definition) is 2. The molecule has 0 radical (unpaired) electrons. The van der Waals surface area contributed by atoms with Crippen LogP contribution in [0.4, 0.5) is 5.82 Å². The Morgan fingerprint density at radius 1 is 1.75 bits per heavy atom. The number of aromatic amines is 1. The van der Waals surface area contributed by atoms with E-state index in [4.69, 9.17) is 0 Å². The summed E-state index contributed by atoms with van der Waals surface area (Å²) in [5.74, 6) is 1.36. The molecule has 0 fully saturated rings. The number of nitrogens with one attached hydrogen (secondary N) is 1. The van der Waals surface area contributed by atoms with Crippen molar-refractivity contribution in [3.63, 3.8) is 0 Å². The molecule has 66 valence electrons. The third-order valence-electron chi connectivity index (χ3n) is 1.38. The first-order valence-electron chi connectivity index (χ1n) is 3.53. The molecular weight excluding hydrogens is 178 g/mol. The lowest BCUT2D eigenvalue weighted by molar-refractivity contribution is -0.389. The number of H-pyrrole nitrogens is 1. The molecular formula is C6H9N3O2S. The summed E-state index contributed by atoms with van der Waals surface area (Å²) in [4.78, 5) is 16.2. The van der Waals surface area contributed by atoms with Crippen molar-refractivity contribution in [3.05, 3.63) is 22.1 Å². The zero-order valence-electron chi connectivity index (χ0n) is 6.36. The highest BCUT2D eigenvalue weighted by atomic mass is 32.1. The maximum absolute atomic E-state index is 10.2. The Hall–Kier alpha value is -1.04. The molecule has 5 nitrogen and oxygen atoms in total. The minimum absolute atomic E-state index is 0.0517. The van der Waals surface area contributed by atoms with Gasteiger partial charge in [0.05, 0.1) is 0 Å². The number of aromatic nitrogens is 2. The number of nitro groups is 1. The van der Waals surface area contributed by atoms with Crippen LogP contribution in [-0.4, -0.2) is 20.6 Å². The molecule has 1 rings (SSSR count). The molecule has 0 aromatic carbocycles. The van der Waals surface area contributed by atoms with E-state index >= 15 is 0 Å². The summed E-state index contributed by atoms with van der Waals surface area (Å²) in [6.07, 6.45) is 2.80. The number of nitrogens with zero attached hydrogens (tertiary/aromatic N) is 2. The normalized spacial score (nSPS) is 10.1. The summed E-state index contributed by atoms with van der Waals surface area (Å²) in [6, 6.07) is 0. The van der Waals surface area contributed by atoms with Gasteiger partial charge in [0.1, 0.15) is 6.20 Å². The van der Waals surface area contributed by atoms with Crippen LogP contribution >= 0.6 is 12.6 Å². The fourth-order valence-electron chi connectivity index (χ4n) is 0.818. The Morgan fingerprint density at radius 3 is 3.00 bits per heavy atom. The number of imidazole rings is 1. The monoisotopic (exact) mass is 187 g/mol. The summed E-state index contributed by atoms with van der Waals surface area (Å²) >= 11 is 4.02. The Balaban J connectivity index is 2.58. The van der Waals surface area contributed by atoms with Crippen molar-refractivity contribution in [2.45, 2.75) is 12.8 Å². The lowest BCUT2D eigenvalue weighted by Gasteiger charge is -1.88. The van der Waals surface area contributed by atoms with Crippen molar-refractivity contribution in [2.75, 3.05) is 5.75 Å². The fourth-order valence-corrected chi connectivity index (χ4v) is 0.976. The maximum atomic E-state index is 10.2. The highest BCUT2D eigenvalue weighted by molar-refractivity contribution is 7.80. The van der Waals surface area contributed by atoms with E-state index in [0.29, 0.717) is 12.2 Å². The van der Waals surface area contributed by atoms with Gasteiger partial charge < -0.3 is 10.1 Å². The van der Waals surface area contributed by atoms with Gasteiger partial charge in [-0.1, -0.05) is 0 Å². The maximum Gasteiger partial charge on any atom is 0.340 e. The van der Waals surface area contributed by atoms with Crippen molar-refractivity contribution in [1.82, 2.24) is 9.97 Å². The molecule has 6 heteroatoms. The molecule has 12 heavy (non-hydrogen) atoms. The van der Waals surface area contributed by atoms with Crippen molar-refractivity contribution < 1.29 is 4.92 Å². The molecule has 0 unspecified atom stereocenters. The standard InChI is InChI=1S/C6H9N3O2S/c10-9(11)6-4-7-5(8-6)2-1-3-12/h4,12H,1-3H2,(H,7,8). The van der Waals surface area contributed by atoms with Crippen LogP contribution in [0, 0.1) is 10.1 Å². The van der Waals surface area contributed by atoms with Crippen molar-refractivity contribution >= 4 is 18.4 Å². The highest BCUT2D eigenvalue weighted by Gasteiger charge is 2.08. The van der Waals surface area contributed by atoms with Crippen LogP contribution in [-0.2, 0) is 6.42 Å². The molecule has 1 N–H and O–H groups in total. The smallest absolute Gasteiger partial charge is 0.340 e. The predicted molar refractivity (Wildman–Crippen MR) is 47.4 cm³/mol. The average Bonchev–Trinajstić information content (AvgIpc) is 2.48. The van der Waals surface area contributed by atoms with Crippen LogP contribution < -0.4 is 0 Å². The van der Waals surface area contributed by atoms with Crippen LogP contribution in [0.5, 0.6) is 0 Å². The molecule has 0 saturated carbocycles. The van der Waals surface area contributed by atoms with Gasteiger partial charge in [-0.15, -0.1) is 0 Å². The van der Waals surface area contributed by atoms with Crippen molar-refractivity contribution in [3.8, 4) is 0 Å². The van der Waals surface area contributed by atoms with E-state index in [-0.39, 0.29) is 5.82 Å².